The molecule has 1 heterocycles. The van der Waals surface area contributed by atoms with E-state index >= 15 is 0 Å². The summed E-state index contributed by atoms with van der Waals surface area (Å²) in [5.74, 6) is -0.336. The van der Waals surface area contributed by atoms with Gasteiger partial charge in [-0.25, -0.2) is 4.79 Å². The van der Waals surface area contributed by atoms with Crippen LogP contribution in [0, 0.1) is 13.8 Å². The van der Waals surface area contributed by atoms with E-state index in [-0.39, 0.29) is 18.2 Å². The Bertz CT molecular complexity index is 1170. The van der Waals surface area contributed by atoms with Gasteiger partial charge in [-0.1, -0.05) is 30.3 Å². The summed E-state index contributed by atoms with van der Waals surface area (Å²) in [5.41, 5.74) is 5.26. The number of aromatic nitrogens is 1. The molecule has 0 radical (unpaired) electrons. The zero-order valence-corrected chi connectivity index (χ0v) is 19.5. The third kappa shape index (κ3) is 5.96. The number of aliphatic hydroxyl groups excluding tert-OH is 1. The maximum absolute atomic E-state index is 12.7. The second kappa shape index (κ2) is 9.83. The number of hydrogen-bond donors (Lipinski definition) is 3. The molecule has 0 bridgehead atoms. The van der Waals surface area contributed by atoms with Crippen LogP contribution in [-0.2, 0) is 11.3 Å². The normalized spacial score (nSPS) is 11.1. The minimum Gasteiger partial charge on any atom is -0.444 e. The summed E-state index contributed by atoms with van der Waals surface area (Å²) in [6.45, 7) is 9.18. The van der Waals surface area contributed by atoms with Crippen LogP contribution in [0.3, 0.4) is 0 Å². The zero-order chi connectivity index (χ0) is 24.2. The van der Waals surface area contributed by atoms with Gasteiger partial charge in [0.15, 0.2) is 0 Å². The summed E-state index contributed by atoms with van der Waals surface area (Å²) in [5, 5.41) is 14.9. The van der Waals surface area contributed by atoms with Crippen molar-refractivity contribution >= 4 is 23.4 Å². The van der Waals surface area contributed by atoms with E-state index < -0.39 is 11.7 Å². The first-order valence-corrected chi connectivity index (χ1v) is 10.7. The largest absolute Gasteiger partial charge is 0.444 e. The number of nitrogens with zero attached hydrogens (tertiary/aromatic N) is 1. The number of aliphatic hydroxyl groups is 1. The van der Waals surface area contributed by atoms with Gasteiger partial charge in [0.05, 0.1) is 6.61 Å². The first-order valence-electron chi connectivity index (χ1n) is 10.7. The average molecular weight is 448 g/mol. The fourth-order valence-corrected chi connectivity index (χ4v) is 3.38. The molecule has 2 amide bonds. The third-order valence-electron chi connectivity index (χ3n) is 5.08. The second-order valence-corrected chi connectivity index (χ2v) is 8.75. The number of benzene rings is 2. The number of anilines is 2. The van der Waals surface area contributed by atoms with Crippen molar-refractivity contribution in [1.29, 1.82) is 0 Å². The van der Waals surface area contributed by atoms with Gasteiger partial charge >= 0.3 is 6.09 Å². The Balaban J connectivity index is 1.86. The Morgan fingerprint density at radius 3 is 1.97 bits per heavy atom. The van der Waals surface area contributed by atoms with E-state index in [4.69, 9.17) is 9.84 Å². The highest BCUT2D eigenvalue weighted by atomic mass is 16.6. The van der Waals surface area contributed by atoms with Gasteiger partial charge in [0, 0.05) is 17.6 Å². The Kier molecular flexibility index (Phi) is 7.13. The predicted molar refractivity (Wildman–Crippen MR) is 129 cm³/mol. The van der Waals surface area contributed by atoms with Gasteiger partial charge in [0.2, 0.25) is 0 Å². The summed E-state index contributed by atoms with van der Waals surface area (Å²) in [4.78, 5) is 29.0. The summed E-state index contributed by atoms with van der Waals surface area (Å²) in [6.07, 6.45) is 0.963. The Hall–Kier alpha value is -3.71. The van der Waals surface area contributed by atoms with Crippen molar-refractivity contribution < 1.29 is 19.4 Å². The van der Waals surface area contributed by atoms with Crippen LogP contribution in [0.4, 0.5) is 16.2 Å². The lowest BCUT2D eigenvalue weighted by atomic mass is 9.94. The van der Waals surface area contributed by atoms with E-state index in [1.165, 1.54) is 6.20 Å². The van der Waals surface area contributed by atoms with Crippen molar-refractivity contribution in [1.82, 2.24) is 4.98 Å². The third-order valence-corrected chi connectivity index (χ3v) is 5.08. The molecule has 0 saturated heterocycles. The van der Waals surface area contributed by atoms with Gasteiger partial charge in [-0.2, -0.15) is 0 Å². The maximum Gasteiger partial charge on any atom is 0.412 e. The van der Waals surface area contributed by atoms with E-state index in [0.717, 1.165) is 22.3 Å². The number of ether oxygens (including phenoxy) is 1. The molecule has 7 heteroatoms. The van der Waals surface area contributed by atoms with Gasteiger partial charge in [0.25, 0.3) is 5.91 Å². The molecule has 0 aliphatic rings. The Morgan fingerprint density at radius 1 is 0.909 bits per heavy atom. The number of carbonyl (C=O) groups is 2. The lowest BCUT2D eigenvalue weighted by molar-refractivity contribution is 0.0635. The van der Waals surface area contributed by atoms with Crippen molar-refractivity contribution in [2.45, 2.75) is 46.8 Å². The van der Waals surface area contributed by atoms with Crippen LogP contribution in [0.25, 0.3) is 11.1 Å². The zero-order valence-electron chi connectivity index (χ0n) is 19.5. The van der Waals surface area contributed by atoms with Crippen LogP contribution in [0.5, 0.6) is 0 Å². The van der Waals surface area contributed by atoms with Gasteiger partial charge in [-0.05, 0) is 80.6 Å². The molecule has 7 nitrogen and oxygen atoms in total. The lowest BCUT2D eigenvalue weighted by Crippen LogP contribution is -2.27. The smallest absolute Gasteiger partial charge is 0.412 e. The number of hydrogen-bond acceptors (Lipinski definition) is 5. The molecule has 0 atom stereocenters. The van der Waals surface area contributed by atoms with Gasteiger partial charge in [0.1, 0.15) is 11.3 Å². The summed E-state index contributed by atoms with van der Waals surface area (Å²) < 4.78 is 5.37. The van der Waals surface area contributed by atoms with Gasteiger partial charge in [-0.3, -0.25) is 15.1 Å². The number of amides is 2. The van der Waals surface area contributed by atoms with Crippen molar-refractivity contribution in [3.05, 3.63) is 77.1 Å². The maximum atomic E-state index is 12.7. The molecule has 3 aromatic rings. The highest BCUT2D eigenvalue weighted by Crippen LogP contribution is 2.34. The fourth-order valence-electron chi connectivity index (χ4n) is 3.38. The Morgan fingerprint density at radius 2 is 1.48 bits per heavy atom. The molecular weight excluding hydrogens is 418 g/mol. The van der Waals surface area contributed by atoms with E-state index in [1.54, 1.807) is 12.1 Å². The van der Waals surface area contributed by atoms with Crippen LogP contribution in [-0.4, -0.2) is 27.7 Å². The molecule has 0 unspecified atom stereocenters. The summed E-state index contributed by atoms with van der Waals surface area (Å²) in [7, 11) is 0. The average Bonchev–Trinajstić information content (AvgIpc) is 2.75. The highest BCUT2D eigenvalue weighted by Gasteiger charge is 2.18. The van der Waals surface area contributed by atoms with Crippen molar-refractivity contribution in [2.75, 3.05) is 10.6 Å². The van der Waals surface area contributed by atoms with Gasteiger partial charge < -0.3 is 15.2 Å². The first kappa shape index (κ1) is 23.9. The second-order valence-electron chi connectivity index (χ2n) is 8.75. The highest BCUT2D eigenvalue weighted by molar-refractivity contribution is 6.04. The fraction of sp³-hybridized carbons (Fsp3) is 0.269. The molecule has 33 heavy (non-hydrogen) atoms. The minimum absolute atomic E-state index is 0.128. The van der Waals surface area contributed by atoms with Crippen LogP contribution < -0.4 is 10.6 Å². The molecule has 0 spiro atoms. The van der Waals surface area contributed by atoms with Crippen LogP contribution in [0.15, 0.2) is 54.7 Å². The number of rotatable bonds is 5. The van der Waals surface area contributed by atoms with Gasteiger partial charge in [-0.15, -0.1) is 0 Å². The van der Waals surface area contributed by atoms with Crippen molar-refractivity contribution in [3.8, 4) is 11.1 Å². The molecule has 2 aromatic carbocycles. The Labute approximate surface area is 193 Å². The molecule has 0 aliphatic heterocycles. The summed E-state index contributed by atoms with van der Waals surface area (Å²) >= 11 is 0. The molecule has 1 aromatic heterocycles. The lowest BCUT2D eigenvalue weighted by Gasteiger charge is -2.21. The summed E-state index contributed by atoms with van der Waals surface area (Å²) in [6, 6.07) is 14.6. The van der Waals surface area contributed by atoms with E-state index in [0.29, 0.717) is 16.9 Å². The van der Waals surface area contributed by atoms with Crippen LogP contribution in [0.1, 0.15) is 48.0 Å². The molecular formula is C26H29N3O4. The minimum atomic E-state index is -0.591. The predicted octanol–water partition coefficient (Wildman–Crippen LogP) is 5.46. The molecule has 0 aliphatic carbocycles. The van der Waals surface area contributed by atoms with Crippen LogP contribution in [0.2, 0.25) is 0 Å². The quantitative estimate of drug-likeness (QED) is 0.482. The number of pyridine rings is 1. The molecule has 3 rings (SSSR count). The van der Waals surface area contributed by atoms with E-state index in [1.807, 2.05) is 71.0 Å². The molecule has 172 valence electrons. The van der Waals surface area contributed by atoms with E-state index in [2.05, 4.69) is 15.6 Å². The number of nitrogens with one attached hydrogen (secondary N) is 2. The monoisotopic (exact) mass is 447 g/mol. The van der Waals surface area contributed by atoms with Crippen LogP contribution >= 0.6 is 0 Å². The standard InChI is InChI=1S/C26H29N3O4/c1-16-19(20-9-7-11-22(17(20)2)29-25(32)33-26(3,4)5)8-6-10-21(16)28-24(31)23-13-12-18(15-30)14-27-23/h6-14,30H,15H2,1-5H3,(H,28,31)(H,29,32). The molecule has 0 saturated carbocycles. The van der Waals surface area contributed by atoms with Crippen molar-refractivity contribution in [3.63, 3.8) is 0 Å². The SMILES string of the molecule is Cc1c(NC(=O)OC(C)(C)C)cccc1-c1cccc(NC(=O)c2ccc(CO)cn2)c1C. The first-order chi connectivity index (χ1) is 15.6. The number of carbonyl (C=O) groups excluding carboxylic acids is 2. The van der Waals surface area contributed by atoms with Crippen molar-refractivity contribution in [2.24, 2.45) is 0 Å². The topological polar surface area (TPSA) is 101 Å². The van der Waals surface area contributed by atoms with E-state index in [9.17, 15) is 9.59 Å². The molecule has 0 fully saturated rings. The molecule has 3 N–H and O–H groups in total.